The molecule has 3 amide bonds. The van der Waals surface area contributed by atoms with Crippen LogP contribution in [0, 0.1) is 0 Å². The van der Waals surface area contributed by atoms with Crippen LogP contribution in [0.3, 0.4) is 0 Å². The van der Waals surface area contributed by atoms with Crippen LogP contribution in [-0.4, -0.2) is 90.7 Å². The minimum atomic E-state index is -0.963. The van der Waals surface area contributed by atoms with E-state index in [1.807, 2.05) is 0 Å². The Bertz CT molecular complexity index is 964. The molecule has 0 radical (unpaired) electrons. The Kier molecular flexibility index (Phi) is 8.40. The molecule has 0 aromatic heterocycles. The van der Waals surface area contributed by atoms with Crippen LogP contribution in [0.1, 0.15) is 58.4 Å². The molecule has 3 fully saturated rings. The van der Waals surface area contributed by atoms with E-state index in [0.29, 0.717) is 26.2 Å². The van der Waals surface area contributed by atoms with E-state index in [4.69, 9.17) is 9.47 Å². The Hall–Kier alpha value is -2.69. The molecule has 10 nitrogen and oxygen atoms in total. The monoisotopic (exact) mass is 517 g/mol. The van der Waals surface area contributed by atoms with Gasteiger partial charge in [0.2, 0.25) is 6.04 Å². The topological polar surface area (TPSA) is 108 Å². The lowest BCUT2D eigenvalue weighted by Gasteiger charge is -2.48. The Morgan fingerprint density at radius 2 is 1.68 bits per heavy atom. The number of carbonyl (C=O) groups excluding carboxylic acids is 3. The zero-order valence-electron chi connectivity index (χ0n) is 22.3. The molecule has 0 spiro atoms. The lowest BCUT2D eigenvalue weighted by atomic mass is 9.87. The minimum Gasteiger partial charge on any atom is -0.369 e. The molecule has 2 atom stereocenters. The first-order chi connectivity index (χ1) is 17.7. The molecule has 3 aliphatic rings. The molecule has 1 aliphatic carbocycles. The molecular weight excluding hydrogens is 476 g/mol. The van der Waals surface area contributed by atoms with Gasteiger partial charge in [-0.05, 0) is 36.0 Å². The molecule has 1 aromatic rings. The lowest BCUT2D eigenvalue weighted by molar-refractivity contribution is -0.906. The molecule has 10 heteroatoms. The zero-order valence-corrected chi connectivity index (χ0v) is 22.3. The molecular formula is C27H41N4O6+. The van der Waals surface area contributed by atoms with Gasteiger partial charge in [-0.1, -0.05) is 39.3 Å². The van der Waals surface area contributed by atoms with Gasteiger partial charge < -0.3 is 19.3 Å². The number of rotatable bonds is 3. The second-order valence-electron chi connectivity index (χ2n) is 11.4. The number of nitrogens with zero attached hydrogens (tertiary/aromatic N) is 3. The van der Waals surface area contributed by atoms with Crippen LogP contribution in [0.2, 0.25) is 0 Å². The van der Waals surface area contributed by atoms with Gasteiger partial charge in [0, 0.05) is 44.7 Å². The van der Waals surface area contributed by atoms with Gasteiger partial charge >= 0.3 is 18.1 Å². The average molecular weight is 518 g/mol. The Balaban J connectivity index is 1.42. The van der Waals surface area contributed by atoms with E-state index >= 15 is 0 Å². The van der Waals surface area contributed by atoms with Crippen molar-refractivity contribution in [1.29, 1.82) is 0 Å². The van der Waals surface area contributed by atoms with Crippen molar-refractivity contribution in [3.05, 3.63) is 29.8 Å². The highest BCUT2D eigenvalue weighted by Crippen LogP contribution is 2.35. The Morgan fingerprint density at radius 3 is 2.27 bits per heavy atom. The molecule has 0 bridgehead atoms. The van der Waals surface area contributed by atoms with Crippen LogP contribution in [0.15, 0.2) is 24.3 Å². The van der Waals surface area contributed by atoms with Crippen molar-refractivity contribution in [1.82, 2.24) is 10.4 Å². The molecule has 2 heterocycles. The number of morpholine rings is 1. The van der Waals surface area contributed by atoms with Gasteiger partial charge in [0.1, 0.15) is 13.2 Å². The van der Waals surface area contributed by atoms with Crippen molar-refractivity contribution in [3.63, 3.8) is 0 Å². The van der Waals surface area contributed by atoms with Gasteiger partial charge in [-0.3, -0.25) is 10.0 Å². The van der Waals surface area contributed by atoms with Crippen LogP contribution in [0.4, 0.5) is 15.3 Å². The molecule has 204 valence electrons. The molecule has 0 unspecified atom stereocenters. The first-order valence-corrected chi connectivity index (χ1v) is 13.4. The summed E-state index contributed by atoms with van der Waals surface area (Å²) in [5.74, 6) is -0.694. The summed E-state index contributed by atoms with van der Waals surface area (Å²) in [5, 5.41) is 9.36. The number of quaternary nitrogens is 1. The smallest absolute Gasteiger partial charge is 0.369 e. The lowest BCUT2D eigenvalue weighted by Crippen LogP contribution is -2.73. The largest absolute Gasteiger partial charge is 0.526 e. The number of hydroxylamine groups is 1. The highest BCUT2D eigenvalue weighted by Gasteiger charge is 2.57. The number of amides is 3. The van der Waals surface area contributed by atoms with Gasteiger partial charge in [-0.15, -0.1) is 0 Å². The second kappa shape index (κ2) is 11.4. The van der Waals surface area contributed by atoms with E-state index in [1.54, 1.807) is 10.4 Å². The van der Waals surface area contributed by atoms with E-state index in [9.17, 15) is 19.6 Å². The maximum atomic E-state index is 13.7. The van der Waals surface area contributed by atoms with E-state index in [1.165, 1.54) is 5.56 Å². The van der Waals surface area contributed by atoms with Crippen LogP contribution in [-0.2, 0) is 19.7 Å². The molecule has 2 saturated heterocycles. The summed E-state index contributed by atoms with van der Waals surface area (Å²) in [6.45, 7) is 9.17. The summed E-state index contributed by atoms with van der Waals surface area (Å²) in [7, 11) is 0. The third kappa shape index (κ3) is 5.76. The zero-order chi connectivity index (χ0) is 26.6. The summed E-state index contributed by atoms with van der Waals surface area (Å²) in [6.07, 6.45) is 3.06. The van der Waals surface area contributed by atoms with Gasteiger partial charge in [0.15, 0.2) is 0 Å². The molecule has 1 saturated carbocycles. The summed E-state index contributed by atoms with van der Waals surface area (Å²) >= 11 is 0. The fourth-order valence-electron chi connectivity index (χ4n) is 5.95. The first-order valence-electron chi connectivity index (χ1n) is 13.4. The third-order valence-corrected chi connectivity index (χ3v) is 8.23. The maximum Gasteiger partial charge on any atom is 0.526 e. The van der Waals surface area contributed by atoms with Gasteiger partial charge in [0.25, 0.3) is 0 Å². The molecule has 1 aromatic carbocycles. The average Bonchev–Trinajstić information content (AvgIpc) is 2.92. The SMILES string of the molecule is CC(C)(C)c1ccc(N2CCN(C(=O)OC(=O)[N@+]3(C4CCCCC4)CCOC[C@H]3C(=O)NO)CC2)cc1. The Labute approximate surface area is 219 Å². The number of nitrogens with one attached hydrogen (secondary N) is 1. The quantitative estimate of drug-likeness (QED) is 0.274. The van der Waals surface area contributed by atoms with Crippen LogP contribution >= 0.6 is 0 Å². The van der Waals surface area contributed by atoms with E-state index in [0.717, 1.165) is 37.8 Å². The maximum absolute atomic E-state index is 13.7. The minimum absolute atomic E-state index is 0.0150. The molecule has 37 heavy (non-hydrogen) atoms. The predicted octanol–water partition coefficient (Wildman–Crippen LogP) is 3.42. The van der Waals surface area contributed by atoms with E-state index in [2.05, 4.69) is 49.9 Å². The summed E-state index contributed by atoms with van der Waals surface area (Å²) in [6, 6.07) is 7.39. The van der Waals surface area contributed by atoms with Crippen molar-refractivity contribution in [2.45, 2.75) is 70.4 Å². The summed E-state index contributed by atoms with van der Waals surface area (Å²) < 4.78 is 10.7. The standard InChI is InChI=1S/C27H40N4O6/c1-27(2,3)20-9-11-21(12-10-20)29-13-15-30(16-14-29)25(33)37-26(34)31(22-7-5-4-6-8-22)17-18-36-19-23(31)24(32)28-35/h9-12,22-23H,4-8,13-19H2,1-3H3,(H-,28,32,35)/p+1/t23-,31-/m0/s1. The first kappa shape index (κ1) is 27.3. The van der Waals surface area contributed by atoms with Crippen molar-refractivity contribution < 1.29 is 33.5 Å². The fraction of sp³-hybridized carbons (Fsp3) is 0.667. The number of anilines is 1. The highest BCUT2D eigenvalue weighted by atomic mass is 16.6. The molecule has 2 N–H and O–H groups in total. The van der Waals surface area contributed by atoms with Crippen molar-refractivity contribution in [2.75, 3.05) is 50.8 Å². The number of piperazine rings is 1. The highest BCUT2D eigenvalue weighted by molar-refractivity contribution is 5.85. The normalized spacial score (nSPS) is 25.5. The molecule has 2 aliphatic heterocycles. The second-order valence-corrected chi connectivity index (χ2v) is 11.4. The van der Waals surface area contributed by atoms with Gasteiger partial charge in [-0.2, -0.15) is 4.79 Å². The predicted molar refractivity (Wildman–Crippen MR) is 137 cm³/mol. The summed E-state index contributed by atoms with van der Waals surface area (Å²) in [5.41, 5.74) is 4.14. The van der Waals surface area contributed by atoms with Gasteiger partial charge in [0.05, 0.1) is 12.6 Å². The summed E-state index contributed by atoms with van der Waals surface area (Å²) in [4.78, 5) is 43.1. The molecule has 4 rings (SSSR count). The number of hydrogen-bond donors (Lipinski definition) is 2. The van der Waals surface area contributed by atoms with Crippen molar-refractivity contribution >= 4 is 23.8 Å². The van der Waals surface area contributed by atoms with E-state index in [-0.39, 0.29) is 35.7 Å². The fourth-order valence-corrected chi connectivity index (χ4v) is 5.95. The van der Waals surface area contributed by atoms with Crippen molar-refractivity contribution in [2.24, 2.45) is 0 Å². The number of ether oxygens (including phenoxy) is 2. The number of carbonyl (C=O) groups is 3. The number of benzene rings is 1. The van der Waals surface area contributed by atoms with Gasteiger partial charge in [-0.25, -0.2) is 14.8 Å². The van der Waals surface area contributed by atoms with E-state index < -0.39 is 24.1 Å². The Morgan fingerprint density at radius 1 is 1.03 bits per heavy atom. The third-order valence-electron chi connectivity index (χ3n) is 8.23. The van der Waals surface area contributed by atoms with Crippen LogP contribution in [0.5, 0.6) is 0 Å². The van der Waals surface area contributed by atoms with Crippen LogP contribution < -0.4 is 10.4 Å². The van der Waals surface area contributed by atoms with Crippen LogP contribution in [0.25, 0.3) is 0 Å². The van der Waals surface area contributed by atoms with Crippen molar-refractivity contribution in [3.8, 4) is 0 Å². The number of hydrogen-bond acceptors (Lipinski definition) is 7.